The van der Waals surface area contributed by atoms with Crippen LogP contribution in [0.1, 0.15) is 35.7 Å². The number of ether oxygens (including phenoxy) is 1. The third-order valence-electron chi connectivity index (χ3n) is 6.21. The molecule has 1 atom stereocenters. The summed E-state index contributed by atoms with van der Waals surface area (Å²) in [4.78, 5) is 24.0. The van der Waals surface area contributed by atoms with E-state index in [2.05, 4.69) is 55.3 Å². The van der Waals surface area contributed by atoms with E-state index in [0.717, 1.165) is 65.7 Å². The predicted octanol–water partition coefficient (Wildman–Crippen LogP) is 3.12. The monoisotopic (exact) mass is 443 g/mol. The Morgan fingerprint density at radius 3 is 2.76 bits per heavy atom. The van der Waals surface area contributed by atoms with Crippen molar-refractivity contribution in [2.45, 2.75) is 26.0 Å². The molecule has 1 aliphatic rings. The predicted molar refractivity (Wildman–Crippen MR) is 128 cm³/mol. The summed E-state index contributed by atoms with van der Waals surface area (Å²) in [5.74, 6) is 0.907. The molecule has 1 aliphatic heterocycles. The van der Waals surface area contributed by atoms with Gasteiger partial charge in [-0.25, -0.2) is 15.0 Å². The number of fused-ring (bicyclic) bond motifs is 1. The van der Waals surface area contributed by atoms with Gasteiger partial charge in [0.2, 0.25) is 0 Å². The highest BCUT2D eigenvalue weighted by Crippen LogP contribution is 2.24. The third kappa shape index (κ3) is 4.93. The molecule has 8 nitrogen and oxygen atoms in total. The van der Waals surface area contributed by atoms with Gasteiger partial charge in [0.15, 0.2) is 0 Å². The average molecular weight is 444 g/mol. The second-order valence-corrected chi connectivity index (χ2v) is 8.46. The second-order valence-electron chi connectivity index (χ2n) is 8.46. The molecule has 2 N–H and O–H groups in total. The van der Waals surface area contributed by atoms with Crippen molar-refractivity contribution >= 4 is 11.0 Å². The van der Waals surface area contributed by atoms with Crippen LogP contribution in [0.4, 0.5) is 0 Å². The summed E-state index contributed by atoms with van der Waals surface area (Å²) in [6.45, 7) is 6.98. The molecule has 1 unspecified atom stereocenters. The van der Waals surface area contributed by atoms with Gasteiger partial charge < -0.3 is 15.0 Å². The summed E-state index contributed by atoms with van der Waals surface area (Å²) in [7, 11) is 1.66. The van der Waals surface area contributed by atoms with Gasteiger partial charge in [-0.1, -0.05) is 6.07 Å². The summed E-state index contributed by atoms with van der Waals surface area (Å²) in [6.07, 6.45) is 4.15. The number of rotatable bonds is 7. The molecule has 4 heterocycles. The van der Waals surface area contributed by atoms with Crippen molar-refractivity contribution in [3.8, 4) is 11.3 Å². The van der Waals surface area contributed by atoms with Gasteiger partial charge in [0, 0.05) is 63.2 Å². The topological polar surface area (TPSA) is 91.8 Å². The normalized spacial score (nSPS) is 15.7. The lowest BCUT2D eigenvalue weighted by Crippen LogP contribution is -2.44. The zero-order valence-corrected chi connectivity index (χ0v) is 19.1. The zero-order valence-electron chi connectivity index (χ0n) is 19.1. The van der Waals surface area contributed by atoms with Crippen LogP contribution < -0.4 is 5.32 Å². The molecule has 1 fully saturated rings. The van der Waals surface area contributed by atoms with Crippen molar-refractivity contribution in [3.63, 3.8) is 0 Å². The van der Waals surface area contributed by atoms with Crippen molar-refractivity contribution < 1.29 is 4.74 Å². The molecule has 0 radical (unpaired) electrons. The number of benzene rings is 1. The van der Waals surface area contributed by atoms with Gasteiger partial charge in [0.1, 0.15) is 12.2 Å². The van der Waals surface area contributed by atoms with Crippen molar-refractivity contribution in [2.24, 2.45) is 0 Å². The first-order valence-electron chi connectivity index (χ1n) is 11.4. The first kappa shape index (κ1) is 21.6. The van der Waals surface area contributed by atoms with Gasteiger partial charge in [-0.05, 0) is 42.8 Å². The fraction of sp³-hybridized carbons (Fsp3) is 0.360. The summed E-state index contributed by atoms with van der Waals surface area (Å²) >= 11 is 0. The van der Waals surface area contributed by atoms with Gasteiger partial charge in [-0.3, -0.25) is 9.88 Å². The van der Waals surface area contributed by atoms with Gasteiger partial charge >= 0.3 is 0 Å². The highest BCUT2D eigenvalue weighted by Gasteiger charge is 2.18. The van der Waals surface area contributed by atoms with Crippen LogP contribution in [-0.4, -0.2) is 63.1 Å². The molecule has 1 saturated heterocycles. The fourth-order valence-electron chi connectivity index (χ4n) is 4.39. The molecule has 5 rings (SSSR count). The van der Waals surface area contributed by atoms with Gasteiger partial charge in [0.05, 0.1) is 29.0 Å². The Hall–Kier alpha value is -3.20. The largest absolute Gasteiger partial charge is 0.378 e. The molecular formula is C25H29N7O. The number of nitrogens with one attached hydrogen (secondary N) is 2. The molecule has 0 spiro atoms. The minimum atomic E-state index is 0.378. The van der Waals surface area contributed by atoms with Gasteiger partial charge in [-0.2, -0.15) is 0 Å². The smallest absolute Gasteiger partial charge is 0.116 e. The maximum Gasteiger partial charge on any atom is 0.116 e. The highest BCUT2D eigenvalue weighted by molar-refractivity contribution is 5.81. The van der Waals surface area contributed by atoms with Crippen LogP contribution in [0.15, 0.2) is 48.9 Å². The van der Waals surface area contributed by atoms with E-state index in [-0.39, 0.29) is 0 Å². The van der Waals surface area contributed by atoms with E-state index in [1.54, 1.807) is 13.4 Å². The number of imidazole rings is 1. The van der Waals surface area contributed by atoms with Crippen molar-refractivity contribution in [1.82, 2.24) is 35.1 Å². The minimum Gasteiger partial charge on any atom is -0.378 e. The lowest BCUT2D eigenvalue weighted by Gasteiger charge is -2.33. The number of hydrogen-bond donors (Lipinski definition) is 2. The van der Waals surface area contributed by atoms with Crippen LogP contribution in [0.25, 0.3) is 22.3 Å². The molecule has 8 heteroatoms. The zero-order chi connectivity index (χ0) is 22.6. The number of pyridine rings is 1. The molecule has 170 valence electrons. The van der Waals surface area contributed by atoms with E-state index in [0.29, 0.717) is 19.1 Å². The van der Waals surface area contributed by atoms with Crippen molar-refractivity contribution in [1.29, 1.82) is 0 Å². The molecule has 0 aliphatic carbocycles. The summed E-state index contributed by atoms with van der Waals surface area (Å²) in [5, 5.41) is 3.42. The fourth-order valence-corrected chi connectivity index (χ4v) is 4.39. The molecule has 0 saturated carbocycles. The molecule has 3 aromatic heterocycles. The molecule has 33 heavy (non-hydrogen) atoms. The van der Waals surface area contributed by atoms with E-state index in [1.165, 1.54) is 5.56 Å². The summed E-state index contributed by atoms with van der Waals surface area (Å²) < 4.78 is 5.19. The quantitative estimate of drug-likeness (QED) is 0.453. The van der Waals surface area contributed by atoms with E-state index in [1.807, 2.05) is 24.4 Å². The van der Waals surface area contributed by atoms with Crippen LogP contribution in [-0.2, 0) is 17.8 Å². The Labute approximate surface area is 193 Å². The van der Waals surface area contributed by atoms with E-state index in [4.69, 9.17) is 9.72 Å². The molecule has 1 aromatic carbocycles. The van der Waals surface area contributed by atoms with E-state index < -0.39 is 0 Å². The number of aromatic nitrogens is 5. The van der Waals surface area contributed by atoms with Crippen molar-refractivity contribution in [3.05, 3.63) is 71.7 Å². The number of aromatic amines is 1. The maximum atomic E-state index is 5.19. The minimum absolute atomic E-state index is 0.378. The lowest BCUT2D eigenvalue weighted by molar-refractivity contribution is 0.181. The Balaban J connectivity index is 1.35. The molecule has 4 aromatic rings. The van der Waals surface area contributed by atoms with Gasteiger partial charge in [-0.15, -0.1) is 0 Å². The van der Waals surface area contributed by atoms with Crippen LogP contribution in [0.2, 0.25) is 0 Å². The van der Waals surface area contributed by atoms with Crippen LogP contribution in [0.3, 0.4) is 0 Å². The first-order valence-corrected chi connectivity index (χ1v) is 11.4. The van der Waals surface area contributed by atoms with Crippen LogP contribution in [0, 0.1) is 0 Å². The maximum absolute atomic E-state index is 5.19. The van der Waals surface area contributed by atoms with Crippen LogP contribution >= 0.6 is 0 Å². The second kappa shape index (κ2) is 9.74. The number of methoxy groups -OCH3 is 1. The Morgan fingerprint density at radius 1 is 1.03 bits per heavy atom. The Kier molecular flexibility index (Phi) is 6.39. The number of hydrogen-bond acceptors (Lipinski definition) is 7. The molecule has 0 bridgehead atoms. The molecular weight excluding hydrogens is 414 g/mol. The Bertz CT molecular complexity index is 1230. The van der Waals surface area contributed by atoms with Crippen molar-refractivity contribution in [2.75, 3.05) is 33.3 Å². The van der Waals surface area contributed by atoms with E-state index in [9.17, 15) is 0 Å². The summed E-state index contributed by atoms with van der Waals surface area (Å²) in [6, 6.07) is 12.8. The van der Waals surface area contributed by atoms with E-state index >= 15 is 0 Å². The Morgan fingerprint density at radius 2 is 1.91 bits per heavy atom. The highest BCUT2D eigenvalue weighted by atomic mass is 16.5. The third-order valence-corrected chi connectivity index (χ3v) is 6.21. The number of piperazine rings is 1. The van der Waals surface area contributed by atoms with Crippen LogP contribution in [0.5, 0.6) is 0 Å². The SMILES string of the molecule is COCc1cc(-c2ccc3nc(Cc4cc(C(C)N5CCNCC5)ccn4)[nH]c3c2)ncn1. The lowest BCUT2D eigenvalue weighted by atomic mass is 10.1. The number of H-pyrrole nitrogens is 1. The average Bonchev–Trinajstić information content (AvgIpc) is 3.26. The number of nitrogens with zero attached hydrogens (tertiary/aromatic N) is 5. The standard InChI is InChI=1S/C25H29N7O/c1-17(32-9-7-26-8-10-32)18-5-6-27-20(11-18)14-25-30-22-4-3-19(12-24(22)31-25)23-13-21(15-33-2)28-16-29-23/h3-6,11-13,16-17,26H,7-10,14-15H2,1-2H3,(H,30,31). The molecule has 0 amide bonds. The first-order chi connectivity index (χ1) is 16.2. The van der Waals surface area contributed by atoms with Gasteiger partial charge in [0.25, 0.3) is 0 Å². The summed E-state index contributed by atoms with van der Waals surface area (Å²) in [5.41, 5.74) is 6.98.